The molecule has 146 valence electrons. The van der Waals surface area contributed by atoms with Gasteiger partial charge in [0.05, 0.1) is 27.4 Å². The third-order valence-corrected chi connectivity index (χ3v) is 5.95. The summed E-state index contributed by atoms with van der Waals surface area (Å²) < 4.78 is 0.746. The monoisotopic (exact) mass is 398 g/mol. The predicted octanol–water partition coefficient (Wildman–Crippen LogP) is 2.51. The van der Waals surface area contributed by atoms with Gasteiger partial charge in [-0.2, -0.15) is 0 Å². The van der Waals surface area contributed by atoms with E-state index >= 15 is 0 Å². The van der Waals surface area contributed by atoms with Crippen LogP contribution in [0.5, 0.6) is 0 Å². The molecule has 1 fully saturated rings. The van der Waals surface area contributed by atoms with Crippen LogP contribution in [0.4, 0.5) is 10.9 Å². The quantitative estimate of drug-likeness (QED) is 0.607. The van der Waals surface area contributed by atoms with E-state index in [2.05, 4.69) is 25.6 Å². The van der Waals surface area contributed by atoms with Crippen LogP contribution in [0.2, 0.25) is 0 Å². The van der Waals surface area contributed by atoms with Gasteiger partial charge in [0, 0.05) is 32.5 Å². The van der Waals surface area contributed by atoms with Crippen molar-refractivity contribution < 1.29 is 9.90 Å². The summed E-state index contributed by atoms with van der Waals surface area (Å²) in [5, 5.41) is 17.1. The van der Waals surface area contributed by atoms with Crippen molar-refractivity contribution in [1.82, 2.24) is 19.9 Å². The molecule has 0 bridgehead atoms. The average Bonchev–Trinajstić information content (AvgIpc) is 3.33. The summed E-state index contributed by atoms with van der Waals surface area (Å²) in [5.41, 5.74) is 2.09. The molecule has 28 heavy (non-hydrogen) atoms. The minimum atomic E-state index is -0.472. The number of likely N-dealkylation sites (tertiary alicyclic amines) is 1. The van der Waals surface area contributed by atoms with Gasteiger partial charge in [0.25, 0.3) is 5.91 Å². The summed E-state index contributed by atoms with van der Waals surface area (Å²) in [5.74, 6) is 0.220. The van der Waals surface area contributed by atoms with Gasteiger partial charge in [-0.3, -0.25) is 9.78 Å². The number of β-amino-alcohol motifs (C(OH)–C–C–N with tert-alkyl or cyclic N) is 1. The minimum Gasteiger partial charge on any atom is -0.391 e. The van der Waals surface area contributed by atoms with E-state index in [4.69, 9.17) is 0 Å². The number of hydrogen-bond donors (Lipinski definition) is 3. The van der Waals surface area contributed by atoms with Crippen molar-refractivity contribution in [2.24, 2.45) is 0 Å². The summed E-state index contributed by atoms with van der Waals surface area (Å²) in [7, 11) is 1.83. The highest BCUT2D eigenvalue weighted by atomic mass is 32.1. The van der Waals surface area contributed by atoms with Crippen molar-refractivity contribution in [3.05, 3.63) is 41.9 Å². The van der Waals surface area contributed by atoms with Crippen LogP contribution in [-0.4, -0.2) is 57.1 Å². The molecule has 1 saturated heterocycles. The number of aromatic nitrogens is 3. The highest BCUT2D eigenvalue weighted by Gasteiger charge is 2.29. The second-order valence-corrected chi connectivity index (χ2v) is 7.87. The molecule has 0 aliphatic carbocycles. The molecule has 0 radical (unpaired) electrons. The molecule has 4 rings (SSSR count). The lowest BCUT2D eigenvalue weighted by Crippen LogP contribution is -2.30. The number of aliphatic hydroxyl groups excluding tert-OH is 1. The molecule has 3 aromatic rings. The standard InChI is InChI=1S/C19H22N6O2S/c1-11(12-4-3-6-21-9-12)22-19-23-14-8-15(20-2)28-17(14)16(24-19)18(27)25-7-5-13(26)10-25/h3-4,6,8-9,11,13,20,26H,5,7,10H2,1-2H3,(H,22,23,24)/t11-,13+/m0/s1. The van der Waals surface area contributed by atoms with E-state index in [9.17, 15) is 9.90 Å². The molecule has 3 N–H and O–H groups in total. The van der Waals surface area contributed by atoms with E-state index < -0.39 is 6.10 Å². The predicted molar refractivity (Wildman–Crippen MR) is 110 cm³/mol. The first-order valence-corrected chi connectivity index (χ1v) is 10.00. The van der Waals surface area contributed by atoms with Gasteiger partial charge in [-0.25, -0.2) is 9.97 Å². The van der Waals surface area contributed by atoms with Crippen LogP contribution in [-0.2, 0) is 0 Å². The van der Waals surface area contributed by atoms with Crippen LogP contribution in [0.25, 0.3) is 10.2 Å². The molecule has 0 spiro atoms. The number of hydrogen-bond acceptors (Lipinski definition) is 8. The van der Waals surface area contributed by atoms with Gasteiger partial charge in [-0.05, 0) is 31.0 Å². The highest BCUT2D eigenvalue weighted by molar-refractivity contribution is 7.23. The molecule has 1 aliphatic rings. The molecule has 1 amide bonds. The maximum Gasteiger partial charge on any atom is 0.274 e. The molecule has 3 aromatic heterocycles. The second kappa shape index (κ2) is 7.69. The fraction of sp³-hybridized carbons (Fsp3) is 0.368. The average molecular weight is 398 g/mol. The summed E-state index contributed by atoms with van der Waals surface area (Å²) >= 11 is 1.45. The highest BCUT2D eigenvalue weighted by Crippen LogP contribution is 2.32. The Hall–Kier alpha value is -2.78. The lowest BCUT2D eigenvalue weighted by atomic mass is 10.1. The first kappa shape index (κ1) is 18.6. The lowest BCUT2D eigenvalue weighted by molar-refractivity contribution is 0.0761. The van der Waals surface area contributed by atoms with Gasteiger partial charge in [-0.1, -0.05) is 6.07 Å². The second-order valence-electron chi connectivity index (χ2n) is 6.82. The number of fused-ring (bicyclic) bond motifs is 1. The lowest BCUT2D eigenvalue weighted by Gasteiger charge is -2.17. The normalized spacial score (nSPS) is 17.7. The molecular weight excluding hydrogens is 376 g/mol. The summed E-state index contributed by atoms with van der Waals surface area (Å²) in [6.07, 6.45) is 3.64. The fourth-order valence-corrected chi connectivity index (χ4v) is 4.18. The molecule has 9 heteroatoms. The number of anilines is 2. The third-order valence-electron chi connectivity index (χ3n) is 4.80. The number of rotatable bonds is 5. The Labute approximate surface area is 166 Å². The van der Waals surface area contributed by atoms with Gasteiger partial charge in [0.1, 0.15) is 0 Å². The zero-order valence-electron chi connectivity index (χ0n) is 15.7. The van der Waals surface area contributed by atoms with Crippen molar-refractivity contribution in [2.45, 2.75) is 25.5 Å². The maximum atomic E-state index is 13.1. The molecular formula is C19H22N6O2S. The maximum absolute atomic E-state index is 13.1. The SMILES string of the molecule is CNc1cc2nc(N[C@@H](C)c3cccnc3)nc(C(=O)N3CC[C@@H](O)C3)c2s1. The topological polar surface area (TPSA) is 103 Å². The van der Waals surface area contributed by atoms with Gasteiger partial charge in [0.2, 0.25) is 5.95 Å². The molecule has 2 atom stereocenters. The van der Waals surface area contributed by atoms with Gasteiger partial charge < -0.3 is 20.6 Å². The Bertz CT molecular complexity index is 993. The molecule has 8 nitrogen and oxygen atoms in total. The van der Waals surface area contributed by atoms with E-state index in [0.717, 1.165) is 15.3 Å². The number of aliphatic hydroxyl groups is 1. The number of amides is 1. The fourth-order valence-electron chi connectivity index (χ4n) is 3.25. The Morgan fingerprint density at radius 1 is 1.43 bits per heavy atom. The summed E-state index contributed by atoms with van der Waals surface area (Å²) in [6.45, 7) is 2.86. The van der Waals surface area contributed by atoms with Gasteiger partial charge in [-0.15, -0.1) is 11.3 Å². The Balaban J connectivity index is 1.70. The number of nitrogens with one attached hydrogen (secondary N) is 2. The van der Waals surface area contributed by atoms with Crippen molar-refractivity contribution in [2.75, 3.05) is 30.8 Å². The van der Waals surface area contributed by atoms with Crippen LogP contribution < -0.4 is 10.6 Å². The minimum absolute atomic E-state index is 0.0647. The molecule has 0 aromatic carbocycles. The summed E-state index contributed by atoms with van der Waals surface area (Å²) in [6, 6.07) is 5.70. The Kier molecular flexibility index (Phi) is 5.10. The van der Waals surface area contributed by atoms with E-state index in [0.29, 0.717) is 36.7 Å². The molecule has 0 unspecified atom stereocenters. The van der Waals surface area contributed by atoms with Crippen molar-refractivity contribution in [3.8, 4) is 0 Å². The summed E-state index contributed by atoms with van der Waals surface area (Å²) in [4.78, 5) is 28.0. The third kappa shape index (κ3) is 3.63. The van der Waals surface area contributed by atoms with E-state index in [1.807, 2.05) is 32.2 Å². The van der Waals surface area contributed by atoms with Crippen LogP contribution >= 0.6 is 11.3 Å². The van der Waals surface area contributed by atoms with Crippen LogP contribution in [0, 0.1) is 0 Å². The van der Waals surface area contributed by atoms with Crippen molar-refractivity contribution in [1.29, 1.82) is 0 Å². The number of thiophene rings is 1. The number of carbonyl (C=O) groups excluding carboxylic acids is 1. The first-order valence-electron chi connectivity index (χ1n) is 9.18. The smallest absolute Gasteiger partial charge is 0.274 e. The Morgan fingerprint density at radius 2 is 2.29 bits per heavy atom. The largest absolute Gasteiger partial charge is 0.391 e. The van der Waals surface area contributed by atoms with Crippen molar-refractivity contribution >= 4 is 38.4 Å². The number of carbonyl (C=O) groups is 1. The van der Waals surface area contributed by atoms with Crippen LogP contribution in [0.3, 0.4) is 0 Å². The van der Waals surface area contributed by atoms with E-state index in [1.165, 1.54) is 11.3 Å². The molecule has 4 heterocycles. The van der Waals surface area contributed by atoms with Crippen LogP contribution in [0.15, 0.2) is 30.6 Å². The first-order chi connectivity index (χ1) is 13.5. The van der Waals surface area contributed by atoms with E-state index in [-0.39, 0.29) is 11.9 Å². The van der Waals surface area contributed by atoms with Gasteiger partial charge >= 0.3 is 0 Å². The number of pyridine rings is 1. The zero-order valence-corrected chi connectivity index (χ0v) is 16.5. The van der Waals surface area contributed by atoms with Gasteiger partial charge in [0.15, 0.2) is 5.69 Å². The number of nitrogens with zero attached hydrogens (tertiary/aromatic N) is 4. The van der Waals surface area contributed by atoms with E-state index in [1.54, 1.807) is 17.3 Å². The molecule has 1 aliphatic heterocycles. The zero-order chi connectivity index (χ0) is 19.7. The molecule has 0 saturated carbocycles. The Morgan fingerprint density at radius 3 is 2.96 bits per heavy atom. The van der Waals surface area contributed by atoms with Crippen molar-refractivity contribution in [3.63, 3.8) is 0 Å². The van der Waals surface area contributed by atoms with Crippen LogP contribution in [0.1, 0.15) is 35.4 Å².